The lowest BCUT2D eigenvalue weighted by molar-refractivity contribution is -0.116. The van der Waals surface area contributed by atoms with Crippen molar-refractivity contribution in [3.05, 3.63) is 102 Å². The van der Waals surface area contributed by atoms with Gasteiger partial charge in [-0.25, -0.2) is 4.39 Å². The van der Waals surface area contributed by atoms with Gasteiger partial charge >= 0.3 is 0 Å². The number of halogens is 3. The molecule has 0 heterocycles. The first-order chi connectivity index (χ1) is 16.3. The maximum absolute atomic E-state index is 13.6. The smallest absolute Gasteiger partial charge is 0.260 e. The molecule has 0 aliphatic rings. The lowest BCUT2D eigenvalue weighted by atomic mass is 10.0. The summed E-state index contributed by atoms with van der Waals surface area (Å²) < 4.78 is 13.6. The summed E-state index contributed by atoms with van der Waals surface area (Å²) in [7, 11) is 1.53. The van der Waals surface area contributed by atoms with E-state index in [2.05, 4.69) is 10.6 Å². The molecule has 3 N–H and O–H groups in total. The molecule has 6 nitrogen and oxygen atoms in total. The molecule has 2 amide bonds. The molecule has 3 aromatic carbocycles. The Labute approximate surface area is 206 Å². The second-order valence-electron chi connectivity index (χ2n) is 7.15. The van der Waals surface area contributed by atoms with Crippen molar-refractivity contribution in [2.45, 2.75) is 4.84 Å². The summed E-state index contributed by atoms with van der Waals surface area (Å²) in [4.78, 5) is 25.1. The Morgan fingerprint density at radius 3 is 2.24 bits per heavy atom. The Bertz CT molecular complexity index is 1220. The molecular formula is C25H21Cl2FN4O2. The molecule has 0 fully saturated rings. The number of nitrogens with zero attached hydrogens (tertiary/aromatic N) is 1. The van der Waals surface area contributed by atoms with Crippen LogP contribution in [0.15, 0.2) is 90.6 Å². The monoisotopic (exact) mass is 498 g/mol. The molecule has 0 saturated carbocycles. The molecule has 34 heavy (non-hydrogen) atoms. The van der Waals surface area contributed by atoms with E-state index < -0.39 is 22.5 Å². The predicted octanol–water partition coefficient (Wildman–Crippen LogP) is 5.59. The fraction of sp³-hybridized carbons (Fsp3) is 0.0800. The van der Waals surface area contributed by atoms with Gasteiger partial charge in [0.2, 0.25) is 0 Å². The normalized spacial score (nSPS) is 11.1. The minimum absolute atomic E-state index is 0.0203. The third-order valence-corrected chi connectivity index (χ3v) is 5.19. The van der Waals surface area contributed by atoms with Crippen molar-refractivity contribution in [1.82, 2.24) is 0 Å². The first-order valence-corrected chi connectivity index (χ1v) is 11.0. The highest BCUT2D eigenvalue weighted by Crippen LogP contribution is 2.20. The maximum atomic E-state index is 13.6. The van der Waals surface area contributed by atoms with Crippen LogP contribution in [-0.4, -0.2) is 29.4 Å². The number of para-hydroxylation sites is 1. The van der Waals surface area contributed by atoms with Crippen LogP contribution in [0.5, 0.6) is 0 Å². The molecule has 0 spiro atoms. The zero-order valence-corrected chi connectivity index (χ0v) is 19.6. The van der Waals surface area contributed by atoms with Crippen molar-refractivity contribution in [2.75, 3.05) is 22.6 Å². The van der Waals surface area contributed by atoms with Crippen LogP contribution in [0.1, 0.15) is 5.56 Å². The number of hydrogen-bond donors (Lipinski definition) is 3. The van der Waals surface area contributed by atoms with Gasteiger partial charge in [-0.15, -0.1) is 0 Å². The molecule has 0 radical (unpaired) electrons. The molecule has 0 aliphatic heterocycles. The van der Waals surface area contributed by atoms with Gasteiger partial charge in [0.15, 0.2) is 4.84 Å². The summed E-state index contributed by atoms with van der Waals surface area (Å²) in [5.74, 6) is -1.58. The summed E-state index contributed by atoms with van der Waals surface area (Å²) in [6, 6.07) is 21.1. The summed E-state index contributed by atoms with van der Waals surface area (Å²) in [6.45, 7) is 0. The minimum atomic E-state index is -1.20. The topological polar surface area (TPSA) is 85.3 Å². The summed E-state index contributed by atoms with van der Waals surface area (Å²) in [5, 5.41) is 14.3. The molecule has 0 unspecified atom stereocenters. The van der Waals surface area contributed by atoms with Gasteiger partial charge < -0.3 is 15.5 Å². The Balaban J connectivity index is 1.88. The number of carbonyl (C=O) groups is 2. The summed E-state index contributed by atoms with van der Waals surface area (Å²) in [6.07, 6.45) is 1.42. The van der Waals surface area contributed by atoms with Crippen LogP contribution in [0.3, 0.4) is 0 Å². The van der Waals surface area contributed by atoms with Crippen LogP contribution >= 0.6 is 23.2 Å². The van der Waals surface area contributed by atoms with Gasteiger partial charge in [0.05, 0.1) is 11.3 Å². The highest BCUT2D eigenvalue weighted by Gasteiger charge is 2.20. The average Bonchev–Trinajstić information content (AvgIpc) is 2.83. The molecule has 9 heteroatoms. The standard InChI is InChI=1S/C25H21Cl2FN4O2/c1-32(25(34)23(26)27)20-12-10-16(11-13-20)22(29)21(15-30-18-7-3-2-4-8-18)24(33)31-19-9-5-6-17(28)14-19/h2-15,23,29-30H,1H3,(H,31,33)/b21-15+,29-22?. The fourth-order valence-corrected chi connectivity index (χ4v) is 3.28. The molecule has 0 bridgehead atoms. The molecule has 0 atom stereocenters. The fourth-order valence-electron chi connectivity index (χ4n) is 2.99. The lowest BCUT2D eigenvalue weighted by Gasteiger charge is -2.18. The van der Waals surface area contributed by atoms with Crippen LogP contribution in [0, 0.1) is 11.2 Å². The first kappa shape index (κ1) is 25.0. The van der Waals surface area contributed by atoms with Crippen LogP contribution in [0.4, 0.5) is 21.5 Å². The minimum Gasteiger partial charge on any atom is -0.361 e. The SMILES string of the molecule is CN(C(=O)C(Cl)Cl)c1ccc(C(=N)/C(=C\Nc2ccccc2)C(=O)Nc2cccc(F)c2)cc1. The second kappa shape index (κ2) is 11.4. The number of anilines is 3. The number of hydrogen-bond acceptors (Lipinski definition) is 4. The Hall–Kier alpha value is -3.68. The van der Waals surface area contributed by atoms with E-state index in [-0.39, 0.29) is 17.0 Å². The van der Waals surface area contributed by atoms with Crippen LogP contribution in [0.2, 0.25) is 0 Å². The first-order valence-electron chi connectivity index (χ1n) is 10.1. The zero-order chi connectivity index (χ0) is 24.7. The molecule has 0 saturated heterocycles. The molecule has 174 valence electrons. The highest BCUT2D eigenvalue weighted by molar-refractivity contribution is 6.54. The van der Waals surface area contributed by atoms with Crippen molar-refractivity contribution in [2.24, 2.45) is 0 Å². The van der Waals surface area contributed by atoms with Crippen LogP contribution < -0.4 is 15.5 Å². The highest BCUT2D eigenvalue weighted by atomic mass is 35.5. The zero-order valence-electron chi connectivity index (χ0n) is 18.1. The van der Waals surface area contributed by atoms with Crippen molar-refractivity contribution >= 4 is 57.8 Å². The Morgan fingerprint density at radius 1 is 0.971 bits per heavy atom. The van der Waals surface area contributed by atoms with Gasteiger partial charge in [-0.1, -0.05) is 59.6 Å². The van der Waals surface area contributed by atoms with Gasteiger partial charge in [-0.3, -0.25) is 15.0 Å². The van der Waals surface area contributed by atoms with Crippen LogP contribution in [-0.2, 0) is 9.59 Å². The maximum Gasteiger partial charge on any atom is 0.260 e. The summed E-state index contributed by atoms with van der Waals surface area (Å²) in [5.41, 5.74) is 1.87. The van der Waals surface area contributed by atoms with E-state index >= 15 is 0 Å². The molecule has 0 aromatic heterocycles. The van der Waals surface area contributed by atoms with Crippen LogP contribution in [0.25, 0.3) is 0 Å². The van der Waals surface area contributed by atoms with E-state index in [0.717, 1.165) is 5.69 Å². The molecule has 0 aliphatic carbocycles. The number of benzene rings is 3. The third kappa shape index (κ3) is 6.43. The Kier molecular flexibility index (Phi) is 8.40. The van der Waals surface area contributed by atoms with Gasteiger partial charge in [0, 0.05) is 35.9 Å². The van der Waals surface area contributed by atoms with Crippen molar-refractivity contribution in [3.8, 4) is 0 Å². The van der Waals surface area contributed by atoms with Gasteiger partial charge in [-0.05, 0) is 42.5 Å². The lowest BCUT2D eigenvalue weighted by Crippen LogP contribution is -2.30. The van der Waals surface area contributed by atoms with Gasteiger partial charge in [0.1, 0.15) is 5.82 Å². The quantitative estimate of drug-likeness (QED) is 0.215. The molecular weight excluding hydrogens is 478 g/mol. The number of carbonyl (C=O) groups excluding carboxylic acids is 2. The van der Waals surface area contributed by atoms with Gasteiger partial charge in [-0.2, -0.15) is 0 Å². The van der Waals surface area contributed by atoms with Crippen molar-refractivity contribution < 1.29 is 14.0 Å². The average molecular weight is 499 g/mol. The van der Waals surface area contributed by atoms with E-state index in [1.165, 1.54) is 36.3 Å². The van der Waals surface area contributed by atoms with E-state index in [1.54, 1.807) is 30.3 Å². The van der Waals surface area contributed by atoms with Crippen molar-refractivity contribution in [3.63, 3.8) is 0 Å². The molecule has 3 rings (SSSR count). The molecule has 3 aromatic rings. The van der Waals surface area contributed by atoms with E-state index in [0.29, 0.717) is 11.3 Å². The number of nitrogens with one attached hydrogen (secondary N) is 3. The Morgan fingerprint density at radius 2 is 1.62 bits per heavy atom. The number of amides is 2. The van der Waals surface area contributed by atoms with Crippen molar-refractivity contribution in [1.29, 1.82) is 5.41 Å². The number of alkyl halides is 2. The van der Waals surface area contributed by atoms with E-state index in [4.69, 9.17) is 28.6 Å². The predicted molar refractivity (Wildman–Crippen MR) is 135 cm³/mol. The van der Waals surface area contributed by atoms with Gasteiger partial charge in [0.25, 0.3) is 11.8 Å². The number of rotatable bonds is 8. The van der Waals surface area contributed by atoms with E-state index in [9.17, 15) is 14.0 Å². The second-order valence-corrected chi connectivity index (χ2v) is 8.25. The third-order valence-electron chi connectivity index (χ3n) is 4.81. The largest absolute Gasteiger partial charge is 0.361 e. The van der Waals surface area contributed by atoms with E-state index in [1.807, 2.05) is 30.3 Å². The summed E-state index contributed by atoms with van der Waals surface area (Å²) >= 11 is 11.3.